The molecule has 2 nitrogen and oxygen atoms in total. The van der Waals surface area contributed by atoms with E-state index in [0.29, 0.717) is 12.5 Å². The molecule has 0 aromatic heterocycles. The minimum atomic E-state index is 0.499. The van der Waals surface area contributed by atoms with Gasteiger partial charge in [0, 0.05) is 5.92 Å². The van der Waals surface area contributed by atoms with Crippen molar-refractivity contribution in [1.82, 2.24) is 0 Å². The van der Waals surface area contributed by atoms with Gasteiger partial charge in [-0.2, -0.15) is 12.6 Å². The highest BCUT2D eigenvalue weighted by atomic mass is 32.1. The van der Waals surface area contributed by atoms with Gasteiger partial charge in [0.15, 0.2) is 0 Å². The fourth-order valence-electron chi connectivity index (χ4n) is 1.74. The Bertz CT molecular complexity index is 492. The predicted octanol–water partition coefficient (Wildman–Crippen LogP) is 4.81. The van der Waals surface area contributed by atoms with Crippen LogP contribution < -0.4 is 9.47 Å². The average molecular weight is 288 g/mol. The quantitative estimate of drug-likeness (QED) is 0.737. The highest BCUT2D eigenvalue weighted by molar-refractivity contribution is 7.80. The summed E-state index contributed by atoms with van der Waals surface area (Å²) in [5.41, 5.74) is 0. The molecular weight excluding hydrogens is 268 g/mol. The topological polar surface area (TPSA) is 18.5 Å². The number of hydrogen-bond donors (Lipinski definition) is 1. The van der Waals surface area contributed by atoms with Crippen molar-refractivity contribution >= 4 is 12.6 Å². The van der Waals surface area contributed by atoms with Crippen molar-refractivity contribution in [2.45, 2.75) is 13.3 Å². The number of rotatable bonds is 7. The number of ether oxygens (including phenoxy) is 2. The van der Waals surface area contributed by atoms with E-state index in [0.717, 1.165) is 29.4 Å². The molecule has 0 aliphatic carbocycles. The van der Waals surface area contributed by atoms with Gasteiger partial charge in [-0.3, -0.25) is 0 Å². The molecule has 0 fully saturated rings. The Morgan fingerprint density at radius 1 is 0.900 bits per heavy atom. The first kappa shape index (κ1) is 14.8. The highest BCUT2D eigenvalue weighted by Crippen LogP contribution is 2.23. The van der Waals surface area contributed by atoms with Crippen LogP contribution in [0.2, 0.25) is 0 Å². The van der Waals surface area contributed by atoms with E-state index >= 15 is 0 Å². The summed E-state index contributed by atoms with van der Waals surface area (Å²) in [6.07, 6.45) is 1.08. The molecule has 2 rings (SSSR count). The summed E-state index contributed by atoms with van der Waals surface area (Å²) in [7, 11) is 0. The molecule has 0 bridgehead atoms. The van der Waals surface area contributed by atoms with E-state index in [1.807, 2.05) is 54.6 Å². The normalized spacial score (nSPS) is 11.9. The van der Waals surface area contributed by atoms with Crippen molar-refractivity contribution in [1.29, 1.82) is 0 Å². The summed E-state index contributed by atoms with van der Waals surface area (Å²) < 4.78 is 11.5. The maximum atomic E-state index is 5.75. The molecule has 2 aromatic carbocycles. The Balaban J connectivity index is 1.90. The molecule has 0 saturated carbocycles. The second-order valence-corrected chi connectivity index (χ2v) is 5.02. The molecule has 0 radical (unpaired) electrons. The van der Waals surface area contributed by atoms with Gasteiger partial charge in [-0.25, -0.2) is 0 Å². The van der Waals surface area contributed by atoms with Crippen LogP contribution in [0.1, 0.15) is 13.3 Å². The Kier molecular flexibility index (Phi) is 5.81. The summed E-state index contributed by atoms with van der Waals surface area (Å²) in [5.74, 6) is 3.86. The molecule has 0 heterocycles. The highest BCUT2D eigenvalue weighted by Gasteiger charge is 2.05. The second kappa shape index (κ2) is 7.85. The first-order chi connectivity index (χ1) is 9.81. The summed E-state index contributed by atoms with van der Waals surface area (Å²) in [6, 6.07) is 17.5. The zero-order valence-electron chi connectivity index (χ0n) is 11.7. The third-order valence-electron chi connectivity index (χ3n) is 3.12. The van der Waals surface area contributed by atoms with Crippen LogP contribution in [0.15, 0.2) is 54.6 Å². The van der Waals surface area contributed by atoms with Gasteiger partial charge in [-0.05, 0) is 48.6 Å². The number of hydrogen-bond acceptors (Lipinski definition) is 3. The Hall–Kier alpha value is -1.61. The van der Waals surface area contributed by atoms with Gasteiger partial charge in [0.1, 0.15) is 17.2 Å². The van der Waals surface area contributed by atoms with Crippen LogP contribution in [-0.4, -0.2) is 12.4 Å². The molecule has 0 amide bonds. The van der Waals surface area contributed by atoms with Gasteiger partial charge in [0.25, 0.3) is 0 Å². The minimum Gasteiger partial charge on any atom is -0.493 e. The average Bonchev–Trinajstić information content (AvgIpc) is 2.51. The molecular formula is C17H20O2S. The molecule has 3 heteroatoms. The van der Waals surface area contributed by atoms with E-state index in [1.54, 1.807) is 0 Å². The van der Waals surface area contributed by atoms with Crippen molar-refractivity contribution in [2.24, 2.45) is 5.92 Å². The maximum absolute atomic E-state index is 5.75. The summed E-state index contributed by atoms with van der Waals surface area (Å²) in [4.78, 5) is 0. The molecule has 0 aliphatic rings. The molecule has 2 aromatic rings. The monoisotopic (exact) mass is 288 g/mol. The van der Waals surface area contributed by atoms with Crippen molar-refractivity contribution in [3.05, 3.63) is 54.6 Å². The van der Waals surface area contributed by atoms with E-state index < -0.39 is 0 Å². The van der Waals surface area contributed by atoms with Crippen molar-refractivity contribution in [3.8, 4) is 17.2 Å². The van der Waals surface area contributed by atoms with Crippen LogP contribution in [0.25, 0.3) is 0 Å². The zero-order chi connectivity index (χ0) is 14.2. The third kappa shape index (κ3) is 4.49. The Morgan fingerprint density at radius 3 is 2.10 bits per heavy atom. The molecule has 20 heavy (non-hydrogen) atoms. The summed E-state index contributed by atoms with van der Waals surface area (Å²) >= 11 is 4.31. The standard InChI is InChI=1S/C17H20O2S/c1-2-14(13-20)12-18-15-8-10-17(11-9-15)19-16-6-4-3-5-7-16/h3-11,14,20H,2,12-13H2,1H3. The number of para-hydroxylation sites is 1. The smallest absolute Gasteiger partial charge is 0.127 e. The van der Waals surface area contributed by atoms with Gasteiger partial charge >= 0.3 is 0 Å². The molecule has 0 saturated heterocycles. The van der Waals surface area contributed by atoms with Gasteiger partial charge in [0.2, 0.25) is 0 Å². The summed E-state index contributed by atoms with van der Waals surface area (Å²) in [6.45, 7) is 2.86. The third-order valence-corrected chi connectivity index (χ3v) is 3.64. The predicted molar refractivity (Wildman–Crippen MR) is 86.1 cm³/mol. The van der Waals surface area contributed by atoms with E-state index in [-0.39, 0.29) is 0 Å². The van der Waals surface area contributed by atoms with E-state index in [2.05, 4.69) is 19.6 Å². The zero-order valence-corrected chi connectivity index (χ0v) is 12.6. The lowest BCUT2D eigenvalue weighted by Gasteiger charge is -2.13. The number of benzene rings is 2. The molecule has 0 aliphatic heterocycles. The van der Waals surface area contributed by atoms with Gasteiger partial charge in [0.05, 0.1) is 6.61 Å². The number of thiol groups is 1. The van der Waals surface area contributed by atoms with Gasteiger partial charge in [-0.15, -0.1) is 0 Å². The fraction of sp³-hybridized carbons (Fsp3) is 0.294. The van der Waals surface area contributed by atoms with Crippen molar-refractivity contribution in [2.75, 3.05) is 12.4 Å². The lowest BCUT2D eigenvalue weighted by molar-refractivity contribution is 0.259. The van der Waals surface area contributed by atoms with Crippen LogP contribution in [0.3, 0.4) is 0 Å². The largest absolute Gasteiger partial charge is 0.493 e. The molecule has 1 atom stereocenters. The summed E-state index contributed by atoms with van der Waals surface area (Å²) in [5, 5.41) is 0. The van der Waals surface area contributed by atoms with Crippen LogP contribution in [0.4, 0.5) is 0 Å². The molecule has 0 spiro atoms. The minimum absolute atomic E-state index is 0.499. The van der Waals surface area contributed by atoms with Crippen molar-refractivity contribution in [3.63, 3.8) is 0 Å². The molecule has 106 valence electrons. The van der Waals surface area contributed by atoms with Gasteiger partial charge < -0.3 is 9.47 Å². The van der Waals surface area contributed by atoms with Crippen LogP contribution in [0.5, 0.6) is 17.2 Å². The van der Waals surface area contributed by atoms with Gasteiger partial charge in [-0.1, -0.05) is 25.1 Å². The van der Waals surface area contributed by atoms with Crippen molar-refractivity contribution < 1.29 is 9.47 Å². The lowest BCUT2D eigenvalue weighted by Crippen LogP contribution is -2.12. The maximum Gasteiger partial charge on any atom is 0.127 e. The Labute approximate surface area is 126 Å². The molecule has 1 unspecified atom stereocenters. The van der Waals surface area contributed by atoms with E-state index in [1.165, 1.54) is 0 Å². The lowest BCUT2D eigenvalue weighted by atomic mass is 10.1. The van der Waals surface area contributed by atoms with Crippen LogP contribution >= 0.6 is 12.6 Å². The van der Waals surface area contributed by atoms with Crippen LogP contribution in [0, 0.1) is 5.92 Å². The second-order valence-electron chi connectivity index (χ2n) is 4.65. The van der Waals surface area contributed by atoms with Crippen LogP contribution in [-0.2, 0) is 0 Å². The fourth-order valence-corrected chi connectivity index (χ4v) is 2.11. The first-order valence-corrected chi connectivity index (χ1v) is 7.51. The molecule has 0 N–H and O–H groups in total. The van der Waals surface area contributed by atoms with E-state index in [9.17, 15) is 0 Å². The first-order valence-electron chi connectivity index (χ1n) is 6.88. The van der Waals surface area contributed by atoms with E-state index in [4.69, 9.17) is 9.47 Å². The Morgan fingerprint density at radius 2 is 1.50 bits per heavy atom. The SMILES string of the molecule is CCC(CS)COc1ccc(Oc2ccccc2)cc1.